The number of rotatable bonds is 3. The molecule has 0 unspecified atom stereocenters. The molecule has 7 heteroatoms. The van der Waals surface area contributed by atoms with Gasteiger partial charge in [-0.15, -0.1) is 0 Å². The minimum atomic E-state index is -0.748. The van der Waals surface area contributed by atoms with Gasteiger partial charge in [0.2, 0.25) is 0 Å². The number of carbonyl (C=O) groups is 2. The van der Waals surface area contributed by atoms with Gasteiger partial charge in [0.25, 0.3) is 5.91 Å². The molecule has 0 aromatic heterocycles. The van der Waals surface area contributed by atoms with Gasteiger partial charge in [-0.3, -0.25) is 14.5 Å². The number of benzene rings is 1. The number of aromatic hydroxyl groups is 1. The molecule has 0 bridgehead atoms. The summed E-state index contributed by atoms with van der Waals surface area (Å²) in [5, 5.41) is 20.2. The second kappa shape index (κ2) is 7.70. The van der Waals surface area contributed by atoms with Crippen LogP contribution >= 0.6 is 0 Å². The zero-order valence-electron chi connectivity index (χ0n) is 17.9. The van der Waals surface area contributed by atoms with E-state index < -0.39 is 5.97 Å². The van der Waals surface area contributed by atoms with E-state index in [1.807, 2.05) is 13.0 Å². The molecule has 5 rings (SSSR count). The molecule has 0 atom stereocenters. The quantitative estimate of drug-likeness (QED) is 0.728. The van der Waals surface area contributed by atoms with E-state index in [1.165, 1.54) is 11.3 Å². The van der Waals surface area contributed by atoms with Gasteiger partial charge < -0.3 is 15.1 Å². The maximum atomic E-state index is 13.2. The van der Waals surface area contributed by atoms with Crippen LogP contribution in [0.1, 0.15) is 62.1 Å². The van der Waals surface area contributed by atoms with Gasteiger partial charge in [-0.1, -0.05) is 0 Å². The monoisotopic (exact) mass is 423 g/mol. The summed E-state index contributed by atoms with van der Waals surface area (Å²) in [6, 6.07) is 2.02. The third-order valence-electron chi connectivity index (χ3n) is 7.30. The molecular formula is C24H29N3O4. The Labute approximate surface area is 182 Å². The van der Waals surface area contributed by atoms with E-state index >= 15 is 0 Å². The Morgan fingerprint density at radius 2 is 1.87 bits per heavy atom. The fraction of sp³-hybridized carbons (Fsp3) is 0.542. The summed E-state index contributed by atoms with van der Waals surface area (Å²) in [5.41, 5.74) is 4.48. The second-order valence-electron chi connectivity index (χ2n) is 9.20. The minimum Gasteiger partial charge on any atom is -0.507 e. The van der Waals surface area contributed by atoms with Crippen LogP contribution in [0.3, 0.4) is 0 Å². The average Bonchev–Trinajstić information content (AvgIpc) is 3.04. The number of hydrogen-bond acceptors (Lipinski definition) is 5. The van der Waals surface area contributed by atoms with Crippen molar-refractivity contribution in [1.82, 2.24) is 4.90 Å². The molecule has 1 saturated carbocycles. The predicted molar refractivity (Wildman–Crippen MR) is 118 cm³/mol. The first-order valence-electron chi connectivity index (χ1n) is 11.4. The lowest BCUT2D eigenvalue weighted by Crippen LogP contribution is -2.43. The van der Waals surface area contributed by atoms with Crippen molar-refractivity contribution in [3.8, 4) is 5.75 Å². The molecular weight excluding hydrogens is 394 g/mol. The smallest absolute Gasteiger partial charge is 0.306 e. The van der Waals surface area contributed by atoms with Gasteiger partial charge in [-0.25, -0.2) is 4.99 Å². The molecule has 31 heavy (non-hydrogen) atoms. The highest BCUT2D eigenvalue weighted by molar-refractivity contribution is 6.14. The van der Waals surface area contributed by atoms with Crippen molar-refractivity contribution in [3.05, 3.63) is 28.5 Å². The fourth-order valence-corrected chi connectivity index (χ4v) is 5.78. The van der Waals surface area contributed by atoms with E-state index in [9.17, 15) is 19.8 Å². The van der Waals surface area contributed by atoms with E-state index in [0.717, 1.165) is 44.3 Å². The van der Waals surface area contributed by atoms with Crippen LogP contribution in [-0.4, -0.2) is 52.0 Å². The normalized spacial score (nSPS) is 26.8. The molecule has 3 heterocycles. The summed E-state index contributed by atoms with van der Waals surface area (Å²) in [6.07, 6.45) is 8.23. The first-order chi connectivity index (χ1) is 14.9. The zero-order chi connectivity index (χ0) is 21.7. The topological polar surface area (TPSA) is 93.4 Å². The van der Waals surface area contributed by atoms with Crippen LogP contribution in [0.4, 0.5) is 5.69 Å². The Balaban J connectivity index is 1.42. The van der Waals surface area contributed by atoms with Crippen LogP contribution in [0.2, 0.25) is 0 Å². The van der Waals surface area contributed by atoms with E-state index in [0.29, 0.717) is 42.8 Å². The molecule has 7 nitrogen and oxygen atoms in total. The van der Waals surface area contributed by atoms with Crippen LogP contribution in [0.15, 0.2) is 16.8 Å². The van der Waals surface area contributed by atoms with Crippen molar-refractivity contribution in [2.75, 3.05) is 18.0 Å². The maximum Gasteiger partial charge on any atom is 0.306 e. The van der Waals surface area contributed by atoms with Crippen molar-refractivity contribution in [3.63, 3.8) is 0 Å². The molecule has 2 N–H and O–H groups in total. The number of carboxylic acid groups (broad SMARTS) is 1. The number of nitrogens with zero attached hydrogens (tertiary/aromatic N) is 3. The Morgan fingerprint density at radius 1 is 1.16 bits per heavy atom. The highest BCUT2D eigenvalue weighted by Crippen LogP contribution is 2.43. The summed E-state index contributed by atoms with van der Waals surface area (Å²) in [6.45, 7) is 3.91. The molecule has 0 saturated heterocycles. The highest BCUT2D eigenvalue weighted by atomic mass is 16.4. The molecule has 0 spiro atoms. The van der Waals surface area contributed by atoms with E-state index in [-0.39, 0.29) is 23.6 Å². The third kappa shape index (κ3) is 3.40. The standard InChI is InChI=1S/C24H29N3O4/c1-14-25-20(23(29)27(14)18-8-6-15(7-9-18)24(30)31)13-17-12-16-4-2-10-26-11-3-5-19(21(16)26)22(17)28/h12-13,15,18,28H,2-11H2,1H3,(H,30,31)/b20-13-. The zero-order valence-corrected chi connectivity index (χ0v) is 17.9. The van der Waals surface area contributed by atoms with Gasteiger partial charge in [-0.2, -0.15) is 0 Å². The number of anilines is 1. The van der Waals surface area contributed by atoms with Crippen LogP contribution < -0.4 is 4.90 Å². The van der Waals surface area contributed by atoms with Crippen LogP contribution in [0.25, 0.3) is 6.08 Å². The fourth-order valence-electron chi connectivity index (χ4n) is 5.78. The van der Waals surface area contributed by atoms with Crippen LogP contribution in [-0.2, 0) is 22.4 Å². The largest absolute Gasteiger partial charge is 0.507 e. The molecule has 1 aromatic rings. The Hall–Kier alpha value is -2.83. The van der Waals surface area contributed by atoms with Gasteiger partial charge >= 0.3 is 5.97 Å². The van der Waals surface area contributed by atoms with Gasteiger partial charge in [0, 0.05) is 35.9 Å². The number of aliphatic imine (C=N–C) groups is 1. The van der Waals surface area contributed by atoms with Crippen molar-refractivity contribution < 1.29 is 19.8 Å². The second-order valence-corrected chi connectivity index (χ2v) is 9.20. The molecule has 1 amide bonds. The van der Waals surface area contributed by atoms with Gasteiger partial charge in [0.15, 0.2) is 0 Å². The van der Waals surface area contributed by atoms with Crippen molar-refractivity contribution in [1.29, 1.82) is 0 Å². The predicted octanol–water partition coefficient (Wildman–Crippen LogP) is 3.34. The Bertz CT molecular complexity index is 1000. The van der Waals surface area contributed by atoms with Gasteiger partial charge in [0.1, 0.15) is 17.3 Å². The van der Waals surface area contributed by atoms with Gasteiger partial charge in [0.05, 0.1) is 5.92 Å². The molecule has 1 aliphatic carbocycles. The summed E-state index contributed by atoms with van der Waals surface area (Å²) in [4.78, 5) is 33.1. The number of amides is 1. The lowest BCUT2D eigenvalue weighted by atomic mass is 9.85. The van der Waals surface area contributed by atoms with E-state index in [2.05, 4.69) is 9.89 Å². The first kappa shape index (κ1) is 20.1. The number of aryl methyl sites for hydroxylation is 1. The number of aliphatic carboxylic acids is 1. The van der Waals surface area contributed by atoms with Crippen LogP contribution in [0, 0.1) is 5.92 Å². The third-order valence-corrected chi connectivity index (χ3v) is 7.30. The first-order valence-corrected chi connectivity index (χ1v) is 11.4. The molecule has 164 valence electrons. The number of phenols is 1. The Morgan fingerprint density at radius 3 is 2.58 bits per heavy atom. The molecule has 1 aromatic carbocycles. The summed E-state index contributed by atoms with van der Waals surface area (Å²) >= 11 is 0. The number of hydrogen-bond donors (Lipinski definition) is 2. The van der Waals surface area contributed by atoms with E-state index in [1.54, 1.807) is 11.0 Å². The molecule has 4 aliphatic rings. The maximum absolute atomic E-state index is 13.2. The number of phenolic OH excluding ortho intramolecular Hbond substituents is 1. The minimum absolute atomic E-state index is 0.00963. The summed E-state index contributed by atoms with van der Waals surface area (Å²) in [5.74, 6) is -0.282. The highest BCUT2D eigenvalue weighted by Gasteiger charge is 2.37. The number of carboxylic acids is 1. The average molecular weight is 424 g/mol. The van der Waals surface area contributed by atoms with Gasteiger partial charge in [-0.05, 0) is 76.0 Å². The lowest BCUT2D eigenvalue weighted by molar-refractivity contribution is -0.143. The van der Waals surface area contributed by atoms with Crippen LogP contribution in [0.5, 0.6) is 5.75 Å². The van der Waals surface area contributed by atoms with Crippen molar-refractivity contribution in [2.45, 2.75) is 64.3 Å². The molecule has 1 fully saturated rings. The van der Waals surface area contributed by atoms with Crippen molar-refractivity contribution in [2.24, 2.45) is 10.9 Å². The number of amidine groups is 1. The summed E-state index contributed by atoms with van der Waals surface area (Å²) in [7, 11) is 0. The van der Waals surface area contributed by atoms with E-state index in [4.69, 9.17) is 0 Å². The molecule has 0 radical (unpaired) electrons. The summed E-state index contributed by atoms with van der Waals surface area (Å²) < 4.78 is 0. The Kier molecular flexibility index (Phi) is 4.99. The van der Waals surface area contributed by atoms with Crippen molar-refractivity contribution >= 4 is 29.5 Å². The number of carbonyl (C=O) groups excluding carboxylic acids is 1. The molecule has 3 aliphatic heterocycles. The lowest BCUT2D eigenvalue weighted by Gasteiger charge is -2.37. The SMILES string of the molecule is CC1=N/C(=C\c2cc3c4c(c2O)CCCN4CCC3)C(=O)N1C1CCC(C(=O)O)CC1.